The Morgan fingerprint density at radius 2 is 1.71 bits per heavy atom. The summed E-state index contributed by atoms with van der Waals surface area (Å²) in [6, 6.07) is 11.5. The van der Waals surface area contributed by atoms with Crippen LogP contribution in [0, 0.1) is 22.7 Å². The van der Waals surface area contributed by atoms with Gasteiger partial charge < -0.3 is 15.3 Å². The summed E-state index contributed by atoms with van der Waals surface area (Å²) in [5.74, 6) is -3.35. The number of Topliss-reactive ketones (excluding diaryl/α,β-unsaturated/α-hetero) is 3. The maximum atomic E-state index is 14.5. The molecule has 0 bridgehead atoms. The smallest absolute Gasteiger partial charge is 0.206 e. The lowest BCUT2D eigenvalue weighted by Gasteiger charge is -2.60. The zero-order valence-electron chi connectivity index (χ0n) is 24.4. The van der Waals surface area contributed by atoms with Gasteiger partial charge in [-0.15, -0.1) is 0 Å². The lowest BCUT2D eigenvalue weighted by atomic mass is 9.42. The van der Waals surface area contributed by atoms with E-state index in [-0.39, 0.29) is 34.8 Å². The molecule has 3 N–H and O–H groups in total. The van der Waals surface area contributed by atoms with Gasteiger partial charge in [0.05, 0.1) is 11.1 Å². The highest BCUT2D eigenvalue weighted by atomic mass is 16.3. The van der Waals surface area contributed by atoms with Gasteiger partial charge in [0, 0.05) is 16.4 Å². The summed E-state index contributed by atoms with van der Waals surface area (Å²) in [7, 11) is 0. The van der Waals surface area contributed by atoms with Gasteiger partial charge in [0.15, 0.2) is 11.4 Å². The van der Waals surface area contributed by atoms with Gasteiger partial charge in [0.2, 0.25) is 11.6 Å². The Morgan fingerprint density at radius 3 is 2.34 bits per heavy atom. The molecule has 4 aliphatic rings. The number of aromatic hydroxyl groups is 1. The minimum absolute atomic E-state index is 0.0561. The highest BCUT2D eigenvalue weighted by Crippen LogP contribution is 2.65. The van der Waals surface area contributed by atoms with E-state index in [1.165, 1.54) is 18.6 Å². The molecule has 6 rings (SSSR count). The van der Waals surface area contributed by atoms with Gasteiger partial charge in [0.1, 0.15) is 11.5 Å². The monoisotopic (exact) mass is 552 g/mol. The molecule has 0 aromatic heterocycles. The third-order valence-electron chi connectivity index (χ3n) is 10.3. The first-order valence-electron chi connectivity index (χ1n) is 14.3. The van der Waals surface area contributed by atoms with E-state index in [9.17, 15) is 29.7 Å². The summed E-state index contributed by atoms with van der Waals surface area (Å²) in [4.78, 5) is 41.1. The zero-order valence-corrected chi connectivity index (χ0v) is 24.4. The van der Waals surface area contributed by atoms with Crippen LogP contribution >= 0.6 is 0 Å². The number of phenolic OH excluding ortho intramolecular Hbond substituents is 1. The SMILES string of the molecule is CC(=O)C1=C(C)[C@@H](C(C)C)[C@]2(C)C[C@]3(C)Cc4c(C5=Cc6ccccc6C5)ccc(O)c4C(O)=C3C(=O)[C@]2(O)C1=O. The van der Waals surface area contributed by atoms with E-state index in [4.69, 9.17) is 0 Å². The predicted octanol–water partition coefficient (Wildman–Crippen LogP) is 5.79. The van der Waals surface area contributed by atoms with Crippen molar-refractivity contribution in [3.63, 3.8) is 0 Å². The van der Waals surface area contributed by atoms with Crippen LogP contribution in [0.3, 0.4) is 0 Å². The van der Waals surface area contributed by atoms with Crippen molar-refractivity contribution in [3.8, 4) is 5.75 Å². The quantitative estimate of drug-likeness (QED) is 0.328. The fourth-order valence-electron chi connectivity index (χ4n) is 9.00. The van der Waals surface area contributed by atoms with Crippen molar-refractivity contribution in [2.24, 2.45) is 22.7 Å². The molecule has 2 aromatic carbocycles. The second-order valence-electron chi connectivity index (χ2n) is 13.3. The largest absolute Gasteiger partial charge is 0.507 e. The maximum Gasteiger partial charge on any atom is 0.206 e. The number of fused-ring (bicyclic) bond motifs is 4. The van der Waals surface area contributed by atoms with E-state index in [1.54, 1.807) is 13.8 Å². The van der Waals surface area contributed by atoms with Gasteiger partial charge in [-0.25, -0.2) is 0 Å². The number of carbonyl (C=O) groups excluding carboxylic acids is 3. The Hall–Kier alpha value is -3.77. The Labute approximate surface area is 240 Å². The molecule has 1 fully saturated rings. The number of hydrogen-bond acceptors (Lipinski definition) is 6. The van der Waals surface area contributed by atoms with Gasteiger partial charge in [-0.05, 0) is 78.8 Å². The van der Waals surface area contributed by atoms with Crippen LogP contribution in [0.15, 0.2) is 53.1 Å². The molecule has 6 nitrogen and oxygen atoms in total. The van der Waals surface area contributed by atoms with E-state index in [0.29, 0.717) is 18.4 Å². The first-order chi connectivity index (χ1) is 19.2. The number of phenols is 1. The van der Waals surface area contributed by atoms with Crippen LogP contribution in [-0.4, -0.2) is 38.3 Å². The van der Waals surface area contributed by atoms with Gasteiger partial charge in [-0.2, -0.15) is 0 Å². The van der Waals surface area contributed by atoms with Crippen LogP contribution in [0.2, 0.25) is 0 Å². The topological polar surface area (TPSA) is 112 Å². The number of carbonyl (C=O) groups is 3. The van der Waals surface area contributed by atoms with Crippen molar-refractivity contribution >= 4 is 34.8 Å². The van der Waals surface area contributed by atoms with Crippen molar-refractivity contribution in [1.29, 1.82) is 0 Å². The van der Waals surface area contributed by atoms with E-state index < -0.39 is 45.5 Å². The third kappa shape index (κ3) is 3.37. The summed E-state index contributed by atoms with van der Waals surface area (Å²) < 4.78 is 0. The van der Waals surface area contributed by atoms with E-state index in [2.05, 4.69) is 18.2 Å². The van der Waals surface area contributed by atoms with Crippen molar-refractivity contribution < 1.29 is 29.7 Å². The second kappa shape index (κ2) is 8.62. The number of benzene rings is 2. The van der Waals surface area contributed by atoms with Gasteiger partial charge in [0.25, 0.3) is 0 Å². The minimum Gasteiger partial charge on any atom is -0.507 e. The molecule has 2 aromatic rings. The van der Waals surface area contributed by atoms with Crippen LogP contribution in [0.25, 0.3) is 17.4 Å². The van der Waals surface area contributed by atoms with Crippen molar-refractivity contribution in [2.45, 2.75) is 66.4 Å². The van der Waals surface area contributed by atoms with Crippen molar-refractivity contribution in [1.82, 2.24) is 0 Å². The minimum atomic E-state index is -2.52. The van der Waals surface area contributed by atoms with E-state index in [0.717, 1.165) is 22.3 Å². The average molecular weight is 553 g/mol. The van der Waals surface area contributed by atoms with Crippen molar-refractivity contribution in [2.75, 3.05) is 0 Å². The molecule has 0 heterocycles. The van der Waals surface area contributed by atoms with Gasteiger partial charge in [-0.3, -0.25) is 14.4 Å². The van der Waals surface area contributed by atoms with Crippen LogP contribution in [0.5, 0.6) is 5.75 Å². The Morgan fingerprint density at radius 1 is 1.02 bits per heavy atom. The standard InChI is InChI=1S/C35H36O6/c1-17(2)28-18(3)26(19(4)36)31(39)35(41)32(40)29-30(38)27-24(15-33(29,5)16-34(28,35)6)23(11-12-25(27)37)22-13-20-9-7-8-10-21(20)14-22/h7-13,17,28,37-38,41H,14-16H2,1-6H3/t28-,33+,34+,35-/m1/s1. The molecule has 6 heteroatoms. The molecule has 0 amide bonds. The lowest BCUT2D eigenvalue weighted by molar-refractivity contribution is -0.180. The molecule has 0 radical (unpaired) electrons. The van der Waals surface area contributed by atoms with Gasteiger partial charge >= 0.3 is 0 Å². The third-order valence-corrected chi connectivity index (χ3v) is 10.3. The molecule has 4 atom stereocenters. The summed E-state index contributed by atoms with van der Waals surface area (Å²) in [5, 5.41) is 35.0. The number of aliphatic hydroxyl groups excluding tert-OH is 1. The number of allylic oxidation sites excluding steroid dienone is 2. The van der Waals surface area contributed by atoms with Crippen LogP contribution < -0.4 is 0 Å². The second-order valence-corrected chi connectivity index (χ2v) is 13.3. The fourth-order valence-corrected chi connectivity index (χ4v) is 9.00. The van der Waals surface area contributed by atoms with Crippen LogP contribution in [0.4, 0.5) is 0 Å². The lowest BCUT2D eigenvalue weighted by Crippen LogP contribution is -2.70. The number of rotatable bonds is 3. The highest BCUT2D eigenvalue weighted by molar-refractivity contribution is 6.33. The summed E-state index contributed by atoms with van der Waals surface area (Å²) in [6.45, 7) is 10.7. The Kier molecular flexibility index (Phi) is 5.76. The van der Waals surface area contributed by atoms with E-state index in [1.807, 2.05) is 39.0 Å². The molecule has 0 spiro atoms. The highest BCUT2D eigenvalue weighted by Gasteiger charge is 2.72. The molecular formula is C35H36O6. The normalized spacial score (nSPS) is 30.6. The molecule has 0 aliphatic heterocycles. The molecule has 0 saturated heterocycles. The first-order valence-corrected chi connectivity index (χ1v) is 14.3. The molecule has 4 aliphatic carbocycles. The number of hydrogen-bond donors (Lipinski definition) is 3. The molecule has 212 valence electrons. The zero-order chi connectivity index (χ0) is 29.8. The number of aliphatic hydroxyl groups is 2. The van der Waals surface area contributed by atoms with E-state index >= 15 is 0 Å². The summed E-state index contributed by atoms with van der Waals surface area (Å²) >= 11 is 0. The fraction of sp³-hybridized carbons (Fsp3) is 0.400. The molecular weight excluding hydrogens is 516 g/mol. The van der Waals surface area contributed by atoms with Crippen LogP contribution in [-0.2, 0) is 27.2 Å². The summed E-state index contributed by atoms with van der Waals surface area (Å²) in [6.07, 6.45) is 3.39. The van der Waals surface area contributed by atoms with Crippen molar-refractivity contribution in [3.05, 3.63) is 80.9 Å². The Bertz CT molecular complexity index is 1690. The molecule has 0 unspecified atom stereocenters. The number of ketones is 3. The maximum absolute atomic E-state index is 14.5. The first kappa shape index (κ1) is 27.4. The van der Waals surface area contributed by atoms with Crippen LogP contribution in [0.1, 0.15) is 75.8 Å². The average Bonchev–Trinajstić information content (AvgIpc) is 3.30. The Balaban J connectivity index is 1.58. The molecule has 1 saturated carbocycles. The summed E-state index contributed by atoms with van der Waals surface area (Å²) in [5.41, 5.74) is 0.909. The molecule has 41 heavy (non-hydrogen) atoms. The predicted molar refractivity (Wildman–Crippen MR) is 157 cm³/mol. The van der Waals surface area contributed by atoms with Gasteiger partial charge in [-0.1, -0.05) is 69.7 Å².